The highest BCUT2D eigenvalue weighted by atomic mass is 79.9. The number of rotatable bonds is 3. The molecular weight excluding hydrogens is 582 g/mol. The molecule has 3 aliphatic rings. The maximum absolute atomic E-state index is 14.5. The van der Waals surface area contributed by atoms with Crippen molar-refractivity contribution in [2.24, 2.45) is 5.41 Å². The number of ketones is 3. The Labute approximate surface area is 236 Å². The number of carbonyl (C=O) groups is 3. The van der Waals surface area contributed by atoms with Crippen molar-refractivity contribution in [1.29, 1.82) is 0 Å². The zero-order chi connectivity index (χ0) is 26.2. The smallest absolute Gasteiger partial charge is 0.195 e. The normalized spacial score (nSPS) is 22.5. The maximum atomic E-state index is 14.5. The number of halogens is 2. The summed E-state index contributed by atoms with van der Waals surface area (Å²) in [5.41, 5.74) is 1.74. The molecule has 0 N–H and O–H groups in total. The quantitative estimate of drug-likeness (QED) is 0.181. The summed E-state index contributed by atoms with van der Waals surface area (Å²) in [6.45, 7) is 0. The molecule has 4 nitrogen and oxygen atoms in total. The number of thiophene rings is 1. The van der Waals surface area contributed by atoms with Crippen LogP contribution in [0.15, 0.2) is 94.8 Å². The molecule has 1 saturated heterocycles. The van der Waals surface area contributed by atoms with Gasteiger partial charge in [-0.25, -0.2) is 0 Å². The number of Topliss-reactive ketones (excluding diaryl/α,β-unsaturated/α-hetero) is 3. The molecule has 4 aromatic rings. The van der Waals surface area contributed by atoms with Gasteiger partial charge in [-0.15, -0.1) is 11.3 Å². The Morgan fingerprint density at radius 2 is 1.63 bits per heavy atom. The van der Waals surface area contributed by atoms with Gasteiger partial charge in [0.1, 0.15) is 11.5 Å². The molecule has 0 saturated carbocycles. The van der Waals surface area contributed by atoms with Gasteiger partial charge in [-0.1, -0.05) is 82.1 Å². The summed E-state index contributed by atoms with van der Waals surface area (Å²) in [5, 5.41) is 2.45. The van der Waals surface area contributed by atoms with E-state index in [0.29, 0.717) is 21.0 Å². The molecule has 0 amide bonds. The number of nitrogens with zero attached hydrogens (tertiary/aromatic N) is 1. The molecule has 1 fully saturated rings. The highest BCUT2D eigenvalue weighted by molar-refractivity contribution is 9.10. The zero-order valence-corrected chi connectivity index (χ0v) is 23.0. The fourth-order valence-corrected chi connectivity index (χ4v) is 7.70. The lowest BCUT2D eigenvalue weighted by molar-refractivity contribution is 0.0666. The van der Waals surface area contributed by atoms with Crippen molar-refractivity contribution in [3.05, 3.63) is 127 Å². The van der Waals surface area contributed by atoms with Crippen molar-refractivity contribution < 1.29 is 14.4 Å². The molecule has 0 bridgehead atoms. The first-order valence-corrected chi connectivity index (χ1v) is 14.3. The van der Waals surface area contributed by atoms with Crippen LogP contribution in [0.25, 0.3) is 6.08 Å². The molecule has 1 aromatic heterocycles. The van der Waals surface area contributed by atoms with E-state index in [9.17, 15) is 14.4 Å². The molecule has 0 radical (unpaired) electrons. The van der Waals surface area contributed by atoms with E-state index in [1.165, 1.54) is 11.3 Å². The largest absolute Gasteiger partial charge is 0.352 e. The standard InChI is InChI=1S/C31H19BrClNO3S/c32-19-10-7-17(8-11-19)26-27(28(35)24-6-3-15-38-24)34-23-13-12-20(33)16-18(23)9-14-25(34)31(26)29(36)21-4-1-2-5-22(21)30(31)37/h1-16,25-27H/t25-,26-,27+/m1/s1. The Hall–Kier alpha value is -3.32. The second-order valence-corrected chi connectivity index (χ2v) is 12.1. The highest BCUT2D eigenvalue weighted by Crippen LogP contribution is 2.61. The van der Waals surface area contributed by atoms with Crippen LogP contribution in [0.2, 0.25) is 5.02 Å². The third-order valence-corrected chi connectivity index (χ3v) is 9.68. The molecule has 0 unspecified atom stereocenters. The first-order chi connectivity index (χ1) is 18.4. The minimum atomic E-state index is -1.50. The van der Waals surface area contributed by atoms with Crippen molar-refractivity contribution in [3.63, 3.8) is 0 Å². The summed E-state index contributed by atoms with van der Waals surface area (Å²) in [6.07, 6.45) is 3.83. The second-order valence-electron chi connectivity index (χ2n) is 9.80. The van der Waals surface area contributed by atoms with Crippen LogP contribution in [-0.2, 0) is 0 Å². The van der Waals surface area contributed by atoms with Gasteiger partial charge in [0.15, 0.2) is 17.3 Å². The van der Waals surface area contributed by atoms with E-state index in [2.05, 4.69) is 15.9 Å². The lowest BCUT2D eigenvalue weighted by Gasteiger charge is -2.37. The van der Waals surface area contributed by atoms with E-state index in [-0.39, 0.29) is 17.3 Å². The van der Waals surface area contributed by atoms with E-state index < -0.39 is 23.4 Å². The number of benzene rings is 3. The number of anilines is 1. The van der Waals surface area contributed by atoms with Crippen LogP contribution in [0.1, 0.15) is 47.4 Å². The third kappa shape index (κ3) is 3.11. The van der Waals surface area contributed by atoms with Crippen LogP contribution in [0.3, 0.4) is 0 Å². The molecule has 1 spiro atoms. The summed E-state index contributed by atoms with van der Waals surface area (Å²) < 4.78 is 0.874. The topological polar surface area (TPSA) is 54.5 Å². The van der Waals surface area contributed by atoms with Gasteiger partial charge in [-0.3, -0.25) is 14.4 Å². The van der Waals surface area contributed by atoms with Gasteiger partial charge in [0.25, 0.3) is 0 Å². The Kier molecular flexibility index (Phi) is 5.38. The Morgan fingerprint density at radius 1 is 0.921 bits per heavy atom. The lowest BCUT2D eigenvalue weighted by Crippen LogP contribution is -2.48. The first kappa shape index (κ1) is 23.8. The minimum Gasteiger partial charge on any atom is -0.352 e. The summed E-state index contributed by atoms with van der Waals surface area (Å²) in [4.78, 5) is 46.1. The van der Waals surface area contributed by atoms with Crippen LogP contribution in [0, 0.1) is 5.41 Å². The SMILES string of the molecule is O=C(c1cccs1)[C@@H]1[C@@H](c2ccc(Br)cc2)C2(C(=O)c3ccccc3C2=O)[C@H]2C=Cc3cc(Cl)ccc3N12. The fourth-order valence-electron chi connectivity index (χ4n) is 6.56. The van der Waals surface area contributed by atoms with Crippen LogP contribution in [0.5, 0.6) is 0 Å². The summed E-state index contributed by atoms with van der Waals surface area (Å²) in [5.74, 6) is -1.29. The third-order valence-electron chi connectivity index (χ3n) is 8.03. The van der Waals surface area contributed by atoms with Gasteiger partial charge in [0, 0.05) is 32.2 Å². The van der Waals surface area contributed by atoms with E-state index in [1.54, 1.807) is 36.4 Å². The number of carbonyl (C=O) groups excluding carboxylic acids is 3. The minimum absolute atomic E-state index is 0.109. The molecule has 3 aromatic carbocycles. The number of fused-ring (bicyclic) bond motifs is 5. The van der Waals surface area contributed by atoms with Crippen LogP contribution in [-0.4, -0.2) is 29.4 Å². The molecule has 7 rings (SSSR count). The van der Waals surface area contributed by atoms with Crippen molar-refractivity contribution in [3.8, 4) is 0 Å². The predicted octanol–water partition coefficient (Wildman–Crippen LogP) is 7.48. The van der Waals surface area contributed by atoms with Crippen molar-refractivity contribution in [2.45, 2.75) is 18.0 Å². The lowest BCUT2D eigenvalue weighted by atomic mass is 9.64. The first-order valence-electron chi connectivity index (χ1n) is 12.2. The summed E-state index contributed by atoms with van der Waals surface area (Å²) >= 11 is 11.2. The summed E-state index contributed by atoms with van der Waals surface area (Å²) in [6, 6.07) is 22.4. The zero-order valence-electron chi connectivity index (χ0n) is 19.8. The Morgan fingerprint density at radius 3 is 2.29 bits per heavy atom. The van der Waals surface area contributed by atoms with Gasteiger partial charge in [0.05, 0.1) is 10.9 Å². The molecule has 186 valence electrons. The van der Waals surface area contributed by atoms with Crippen LogP contribution in [0.4, 0.5) is 5.69 Å². The second kappa shape index (κ2) is 8.60. The Balaban J connectivity index is 1.56. The van der Waals surface area contributed by atoms with Gasteiger partial charge >= 0.3 is 0 Å². The van der Waals surface area contributed by atoms with Gasteiger partial charge in [-0.05, 0) is 52.9 Å². The van der Waals surface area contributed by atoms with Crippen molar-refractivity contribution in [1.82, 2.24) is 0 Å². The van der Waals surface area contributed by atoms with E-state index in [4.69, 9.17) is 11.6 Å². The Bertz CT molecular complexity index is 1640. The average Bonchev–Trinajstić information content (AvgIpc) is 3.62. The van der Waals surface area contributed by atoms with Gasteiger partial charge < -0.3 is 4.90 Å². The van der Waals surface area contributed by atoms with Crippen molar-refractivity contribution >= 4 is 68.0 Å². The van der Waals surface area contributed by atoms with Gasteiger partial charge in [-0.2, -0.15) is 0 Å². The fraction of sp³-hybridized carbons (Fsp3) is 0.129. The molecule has 7 heteroatoms. The summed E-state index contributed by atoms with van der Waals surface area (Å²) in [7, 11) is 0. The molecule has 38 heavy (non-hydrogen) atoms. The van der Waals surface area contributed by atoms with E-state index in [0.717, 1.165) is 21.3 Å². The predicted molar refractivity (Wildman–Crippen MR) is 154 cm³/mol. The van der Waals surface area contributed by atoms with E-state index >= 15 is 0 Å². The molecule has 1 aliphatic carbocycles. The number of hydrogen-bond acceptors (Lipinski definition) is 5. The monoisotopic (exact) mass is 599 g/mol. The molecule has 3 heterocycles. The molecule has 2 aliphatic heterocycles. The molecular formula is C31H19BrClNO3S. The maximum Gasteiger partial charge on any atom is 0.195 e. The van der Waals surface area contributed by atoms with Crippen molar-refractivity contribution in [2.75, 3.05) is 4.90 Å². The van der Waals surface area contributed by atoms with Crippen LogP contribution >= 0.6 is 38.9 Å². The van der Waals surface area contributed by atoms with Crippen LogP contribution < -0.4 is 4.90 Å². The van der Waals surface area contributed by atoms with E-state index in [1.807, 2.05) is 64.9 Å². The average molecular weight is 601 g/mol. The molecule has 3 atom stereocenters. The highest BCUT2D eigenvalue weighted by Gasteiger charge is 2.71. The van der Waals surface area contributed by atoms with Gasteiger partial charge in [0.2, 0.25) is 0 Å². The number of hydrogen-bond donors (Lipinski definition) is 0.